The summed E-state index contributed by atoms with van der Waals surface area (Å²) in [7, 11) is -4.96. The number of phenols is 1. The maximum atomic E-state index is 13.0. The van der Waals surface area contributed by atoms with E-state index in [2.05, 4.69) is 15.4 Å². The van der Waals surface area contributed by atoms with Gasteiger partial charge in [0, 0.05) is 17.8 Å². The van der Waals surface area contributed by atoms with Gasteiger partial charge in [-0.05, 0) is 61.2 Å². The summed E-state index contributed by atoms with van der Waals surface area (Å²) in [4.78, 5) is 0.0566. The fourth-order valence-corrected chi connectivity index (χ4v) is 4.74. The molecule has 1 saturated heterocycles. The monoisotopic (exact) mass is 403 g/mol. The Morgan fingerprint density at radius 1 is 1.14 bits per heavy atom. The quantitative estimate of drug-likeness (QED) is 0.463. The van der Waals surface area contributed by atoms with Gasteiger partial charge in [-0.1, -0.05) is 6.07 Å². The highest BCUT2D eigenvalue weighted by Crippen LogP contribution is 2.29. The molecule has 0 amide bonds. The molecule has 2 aromatic rings. The van der Waals surface area contributed by atoms with Gasteiger partial charge in [-0.2, -0.15) is 0 Å². The van der Waals surface area contributed by atoms with Gasteiger partial charge in [0.15, 0.2) is 0 Å². The van der Waals surface area contributed by atoms with Gasteiger partial charge in [0.05, 0.1) is 12.3 Å². The van der Waals surface area contributed by atoms with Crippen LogP contribution in [0.2, 0.25) is 0 Å². The van der Waals surface area contributed by atoms with Gasteiger partial charge in [-0.15, -0.1) is 0 Å². The zero-order chi connectivity index (χ0) is 19.7. The van der Waals surface area contributed by atoms with Crippen LogP contribution < -0.4 is 20.8 Å². The molecule has 2 aliphatic rings. The lowest BCUT2D eigenvalue weighted by atomic mass is 9.79. The van der Waals surface area contributed by atoms with E-state index in [4.69, 9.17) is 4.65 Å². The highest BCUT2D eigenvalue weighted by molar-refractivity contribution is 7.92. The number of hydrogen-bond acceptors (Lipinski definition) is 7. The molecule has 5 N–H and O–H groups in total. The molecule has 4 rings (SSSR count). The molecule has 10 heteroatoms. The van der Waals surface area contributed by atoms with E-state index in [0.29, 0.717) is 23.4 Å². The van der Waals surface area contributed by atoms with Gasteiger partial charge < -0.3 is 25.4 Å². The molecular formula is C18H22BN3O5S. The van der Waals surface area contributed by atoms with Crippen LogP contribution in [0, 0.1) is 0 Å². The maximum absolute atomic E-state index is 13.0. The predicted octanol–water partition coefficient (Wildman–Crippen LogP) is 0.575. The molecule has 0 unspecified atom stereocenters. The summed E-state index contributed by atoms with van der Waals surface area (Å²) in [6.07, 6.45) is 1.73. The lowest BCUT2D eigenvalue weighted by Gasteiger charge is -2.26. The highest BCUT2D eigenvalue weighted by Gasteiger charge is 2.28. The number of phenolic OH excluding ortho intramolecular Hbond substituents is 1. The van der Waals surface area contributed by atoms with Gasteiger partial charge in [0.1, 0.15) is 10.6 Å². The van der Waals surface area contributed by atoms with Gasteiger partial charge in [0.2, 0.25) is 0 Å². The second-order valence-corrected chi connectivity index (χ2v) is 8.68. The molecule has 2 aromatic carbocycles. The molecule has 1 fully saturated rings. The number of hydrogen-bond donors (Lipinski definition) is 5. The Labute approximate surface area is 164 Å². The Kier molecular flexibility index (Phi) is 5.20. The normalized spacial score (nSPS) is 17.4. The lowest BCUT2D eigenvalue weighted by Crippen LogP contribution is -2.35. The fourth-order valence-electron chi connectivity index (χ4n) is 3.54. The van der Waals surface area contributed by atoms with Crippen LogP contribution in [0.15, 0.2) is 41.3 Å². The Morgan fingerprint density at radius 3 is 2.71 bits per heavy atom. The molecule has 148 valence electrons. The van der Waals surface area contributed by atoms with Crippen molar-refractivity contribution >= 4 is 34.0 Å². The summed E-state index contributed by atoms with van der Waals surface area (Å²) >= 11 is 0. The van der Waals surface area contributed by atoms with Crippen LogP contribution in [-0.4, -0.2) is 44.8 Å². The van der Waals surface area contributed by atoms with E-state index in [1.165, 1.54) is 18.2 Å². The summed E-state index contributed by atoms with van der Waals surface area (Å²) in [5.74, 6) is -0.00631. The van der Waals surface area contributed by atoms with Gasteiger partial charge in [-0.3, -0.25) is 4.72 Å². The molecule has 2 heterocycles. The van der Waals surface area contributed by atoms with E-state index in [9.17, 15) is 18.5 Å². The number of piperidine rings is 1. The van der Waals surface area contributed by atoms with Crippen LogP contribution in [0.25, 0.3) is 0 Å². The van der Waals surface area contributed by atoms with Crippen molar-refractivity contribution in [2.45, 2.75) is 30.4 Å². The summed E-state index contributed by atoms with van der Waals surface area (Å²) < 4.78 is 33.7. The van der Waals surface area contributed by atoms with Crippen LogP contribution in [0.4, 0.5) is 11.4 Å². The second kappa shape index (κ2) is 7.63. The van der Waals surface area contributed by atoms with Crippen molar-refractivity contribution in [3.8, 4) is 5.75 Å². The first-order chi connectivity index (χ1) is 13.4. The first-order valence-electron chi connectivity index (χ1n) is 9.18. The van der Waals surface area contributed by atoms with Crippen molar-refractivity contribution in [2.75, 3.05) is 23.1 Å². The third-order valence-electron chi connectivity index (χ3n) is 5.01. The van der Waals surface area contributed by atoms with Crippen LogP contribution >= 0.6 is 0 Å². The largest absolute Gasteiger partial charge is 0.508 e. The molecule has 0 spiro atoms. The minimum atomic E-state index is -3.91. The molecule has 0 bridgehead atoms. The first kappa shape index (κ1) is 19.1. The minimum Gasteiger partial charge on any atom is -0.508 e. The lowest BCUT2D eigenvalue weighted by molar-refractivity contribution is 0.275. The van der Waals surface area contributed by atoms with E-state index in [1.807, 2.05) is 0 Å². The molecule has 2 aliphatic heterocycles. The van der Waals surface area contributed by atoms with Crippen LogP contribution in [0.1, 0.15) is 18.4 Å². The average Bonchev–Trinajstić information content (AvgIpc) is 3.03. The van der Waals surface area contributed by atoms with Gasteiger partial charge >= 0.3 is 7.12 Å². The molecular weight excluding hydrogens is 381 g/mol. The summed E-state index contributed by atoms with van der Waals surface area (Å²) in [5.41, 5.74) is 2.08. The van der Waals surface area contributed by atoms with Gasteiger partial charge in [0.25, 0.3) is 10.0 Å². The molecule has 0 aromatic heterocycles. The number of nitrogens with one attached hydrogen (secondary N) is 3. The number of anilines is 2. The van der Waals surface area contributed by atoms with E-state index in [-0.39, 0.29) is 16.7 Å². The summed E-state index contributed by atoms with van der Waals surface area (Å²) in [5, 5.41) is 26.2. The maximum Gasteiger partial charge on any atom is 0.491 e. The number of sulfonamides is 1. The molecule has 0 atom stereocenters. The summed E-state index contributed by atoms with van der Waals surface area (Å²) in [6.45, 7) is 2.01. The van der Waals surface area contributed by atoms with Crippen molar-refractivity contribution in [1.29, 1.82) is 0 Å². The van der Waals surface area contributed by atoms with Crippen molar-refractivity contribution in [3.05, 3.63) is 42.0 Å². The number of rotatable bonds is 5. The van der Waals surface area contributed by atoms with Crippen molar-refractivity contribution < 1.29 is 23.2 Å². The number of fused-ring (bicyclic) bond motifs is 1. The molecule has 0 aliphatic carbocycles. The van der Waals surface area contributed by atoms with E-state index < -0.39 is 17.1 Å². The zero-order valence-corrected chi connectivity index (χ0v) is 16.0. The predicted molar refractivity (Wildman–Crippen MR) is 107 cm³/mol. The Hall–Kier alpha value is -2.27. The third kappa shape index (κ3) is 3.95. The smallest absolute Gasteiger partial charge is 0.491 e. The SMILES string of the molecule is O=S(=O)(Nc1ccc2c(c1)B(O)OC2)c1ccc(O)cc1NC1CCNCC1. The zero-order valence-electron chi connectivity index (χ0n) is 15.2. The second-order valence-electron chi connectivity index (χ2n) is 7.03. The van der Waals surface area contributed by atoms with Crippen molar-refractivity contribution in [2.24, 2.45) is 0 Å². The van der Waals surface area contributed by atoms with Crippen LogP contribution in [0.5, 0.6) is 5.75 Å². The van der Waals surface area contributed by atoms with Crippen molar-refractivity contribution in [1.82, 2.24) is 5.32 Å². The Balaban J connectivity index is 1.61. The third-order valence-corrected chi connectivity index (χ3v) is 6.45. The van der Waals surface area contributed by atoms with E-state index in [0.717, 1.165) is 31.5 Å². The highest BCUT2D eigenvalue weighted by atomic mass is 32.2. The first-order valence-corrected chi connectivity index (χ1v) is 10.7. The summed E-state index contributed by atoms with van der Waals surface area (Å²) in [6, 6.07) is 9.23. The topological polar surface area (TPSA) is 120 Å². The fraction of sp³-hybridized carbons (Fsp3) is 0.333. The van der Waals surface area contributed by atoms with Gasteiger partial charge in [-0.25, -0.2) is 8.42 Å². The molecule has 0 radical (unpaired) electrons. The molecule has 8 nitrogen and oxygen atoms in total. The average molecular weight is 403 g/mol. The Morgan fingerprint density at radius 2 is 1.93 bits per heavy atom. The Bertz CT molecular complexity index is 979. The molecule has 0 saturated carbocycles. The van der Waals surface area contributed by atoms with Crippen LogP contribution in [0.3, 0.4) is 0 Å². The standard InChI is InChI=1S/C18H22BN3O5S/c23-15-3-4-18(17(10-15)21-13-5-7-20-8-6-13)28(25,26)22-14-2-1-12-11-27-19(24)16(12)9-14/h1-4,9-10,13,20-24H,5-8,11H2. The van der Waals surface area contributed by atoms with Crippen molar-refractivity contribution in [3.63, 3.8) is 0 Å². The minimum absolute atomic E-state index is 0.00631. The van der Waals surface area contributed by atoms with E-state index in [1.54, 1.807) is 18.2 Å². The van der Waals surface area contributed by atoms with Crippen LogP contribution in [-0.2, 0) is 21.3 Å². The molecule has 28 heavy (non-hydrogen) atoms. The number of benzene rings is 2. The number of aromatic hydroxyl groups is 1. The van der Waals surface area contributed by atoms with E-state index >= 15 is 0 Å².